The third-order valence-electron chi connectivity index (χ3n) is 3.79. The normalized spacial score (nSPS) is 14.4. The number of nitrogens with one attached hydrogen (secondary N) is 1. The summed E-state index contributed by atoms with van der Waals surface area (Å²) in [6.45, 7) is 0. The van der Waals surface area contributed by atoms with Gasteiger partial charge in [-0.2, -0.15) is 0 Å². The highest BCUT2D eigenvalue weighted by Crippen LogP contribution is 2.33. The number of aromatic amines is 1. The lowest BCUT2D eigenvalue weighted by molar-refractivity contribution is -0.106. The Morgan fingerprint density at radius 1 is 1.14 bits per heavy atom. The van der Waals surface area contributed by atoms with Gasteiger partial charge in [0.15, 0.2) is 5.78 Å². The number of hydrogen-bond donors (Lipinski definition) is 2. The second-order valence-electron chi connectivity index (χ2n) is 5.15. The molecule has 5 nitrogen and oxygen atoms in total. The van der Waals surface area contributed by atoms with E-state index in [0.29, 0.717) is 29.8 Å². The van der Waals surface area contributed by atoms with Crippen LogP contribution in [-0.4, -0.2) is 22.3 Å². The van der Waals surface area contributed by atoms with Gasteiger partial charge in [0.25, 0.3) is 0 Å². The molecule has 1 aliphatic rings. The first kappa shape index (κ1) is 13.4. The molecule has 0 unspecified atom stereocenters. The van der Waals surface area contributed by atoms with E-state index in [1.807, 2.05) is 0 Å². The summed E-state index contributed by atoms with van der Waals surface area (Å²) >= 11 is 0. The first-order valence-electron chi connectivity index (χ1n) is 6.97. The number of nitrogens with zero attached hydrogens (tertiary/aromatic N) is 1. The maximum atomic E-state index is 12.3. The van der Waals surface area contributed by atoms with E-state index in [1.54, 1.807) is 18.3 Å². The molecule has 1 heterocycles. The molecule has 21 heavy (non-hydrogen) atoms. The number of Topliss-reactive ketones (excluding diaryl/α,β-unsaturated/α-hetero) is 1. The lowest BCUT2D eigenvalue weighted by Crippen LogP contribution is -2.16. The van der Waals surface area contributed by atoms with E-state index >= 15 is 0 Å². The number of aromatic nitrogens is 1. The maximum absolute atomic E-state index is 12.3. The van der Waals surface area contributed by atoms with E-state index in [4.69, 9.17) is 0 Å². The zero-order valence-corrected chi connectivity index (χ0v) is 11.5. The highest BCUT2D eigenvalue weighted by atomic mass is 16.3. The summed E-state index contributed by atoms with van der Waals surface area (Å²) in [6, 6.07) is 6.31. The number of phenolic OH excluding ortho intramolecular Hbond substituents is 1. The highest BCUT2D eigenvalue weighted by molar-refractivity contribution is 6.06. The number of phenols is 1. The van der Waals surface area contributed by atoms with Crippen LogP contribution in [0.5, 0.6) is 5.75 Å². The van der Waals surface area contributed by atoms with E-state index in [9.17, 15) is 14.7 Å². The van der Waals surface area contributed by atoms with E-state index in [-0.39, 0.29) is 11.5 Å². The van der Waals surface area contributed by atoms with Crippen molar-refractivity contribution in [2.24, 2.45) is 0 Å². The number of rotatable bonds is 3. The second-order valence-corrected chi connectivity index (χ2v) is 5.15. The van der Waals surface area contributed by atoms with Crippen molar-refractivity contribution in [3.63, 3.8) is 0 Å². The first-order chi connectivity index (χ1) is 10.2. The number of benzene rings is 1. The Labute approximate surface area is 122 Å². The molecule has 3 rings (SSSR count). The van der Waals surface area contributed by atoms with Crippen molar-refractivity contribution in [3.8, 4) is 5.75 Å². The van der Waals surface area contributed by atoms with Crippen molar-refractivity contribution in [1.82, 2.24) is 4.98 Å². The van der Waals surface area contributed by atoms with Gasteiger partial charge in [-0.3, -0.25) is 14.5 Å². The minimum Gasteiger partial charge on any atom is -0.508 e. The zero-order chi connectivity index (χ0) is 14.8. The van der Waals surface area contributed by atoms with Crippen LogP contribution in [0.3, 0.4) is 0 Å². The first-order valence-corrected chi connectivity index (χ1v) is 6.97. The predicted molar refractivity (Wildman–Crippen MR) is 79.0 cm³/mol. The summed E-state index contributed by atoms with van der Waals surface area (Å²) in [4.78, 5) is 28.3. The number of amides is 1. The number of hydrogen-bond acceptors (Lipinski definition) is 3. The molecule has 1 aliphatic carbocycles. The Bertz CT molecular complexity index is 673. The van der Waals surface area contributed by atoms with Gasteiger partial charge in [0.2, 0.25) is 6.41 Å². The summed E-state index contributed by atoms with van der Waals surface area (Å²) in [7, 11) is 0. The van der Waals surface area contributed by atoms with Crippen LogP contribution in [0.25, 0.3) is 0 Å². The lowest BCUT2D eigenvalue weighted by atomic mass is 10.1. The molecule has 1 amide bonds. The summed E-state index contributed by atoms with van der Waals surface area (Å²) in [5.74, 6) is 0.206. The van der Waals surface area contributed by atoms with Gasteiger partial charge in [-0.05, 0) is 43.5 Å². The molecule has 5 heteroatoms. The molecule has 1 aromatic heterocycles. The SMILES string of the molecule is O=CN(c1ccc(O)cc1)c1c[nH]c2c1C(=O)CCCC2. The Kier molecular flexibility index (Phi) is 3.48. The third kappa shape index (κ3) is 2.42. The van der Waals surface area contributed by atoms with Gasteiger partial charge in [-0.15, -0.1) is 0 Å². The van der Waals surface area contributed by atoms with Gasteiger partial charge in [0.1, 0.15) is 5.75 Å². The van der Waals surface area contributed by atoms with Crippen LogP contribution in [-0.2, 0) is 11.2 Å². The van der Waals surface area contributed by atoms with Crippen molar-refractivity contribution < 1.29 is 14.7 Å². The van der Waals surface area contributed by atoms with Crippen molar-refractivity contribution in [3.05, 3.63) is 41.7 Å². The highest BCUT2D eigenvalue weighted by Gasteiger charge is 2.24. The van der Waals surface area contributed by atoms with Crippen molar-refractivity contribution in [1.29, 1.82) is 0 Å². The summed E-state index contributed by atoms with van der Waals surface area (Å²) in [5.41, 5.74) is 2.71. The van der Waals surface area contributed by atoms with Crippen LogP contribution < -0.4 is 4.90 Å². The molecule has 0 aliphatic heterocycles. The Morgan fingerprint density at radius 2 is 1.86 bits per heavy atom. The van der Waals surface area contributed by atoms with Gasteiger partial charge in [0.05, 0.1) is 11.3 Å². The van der Waals surface area contributed by atoms with E-state index in [1.165, 1.54) is 17.0 Å². The number of aromatic hydroxyl groups is 1. The van der Waals surface area contributed by atoms with Crippen LogP contribution in [0.15, 0.2) is 30.5 Å². The van der Waals surface area contributed by atoms with E-state index < -0.39 is 0 Å². The molecule has 2 aromatic rings. The number of carbonyl (C=O) groups excluding carboxylic acids is 2. The fourth-order valence-corrected chi connectivity index (χ4v) is 2.74. The van der Waals surface area contributed by atoms with Crippen LogP contribution in [0.4, 0.5) is 11.4 Å². The molecular formula is C16H16N2O3. The summed E-state index contributed by atoms with van der Waals surface area (Å²) in [6.07, 6.45) is 5.58. The molecule has 0 saturated carbocycles. The fourth-order valence-electron chi connectivity index (χ4n) is 2.74. The van der Waals surface area contributed by atoms with Crippen molar-refractivity contribution in [2.75, 3.05) is 4.90 Å². The second kappa shape index (κ2) is 5.44. The number of ketones is 1. The number of H-pyrrole nitrogens is 1. The van der Waals surface area contributed by atoms with Crippen molar-refractivity contribution >= 4 is 23.6 Å². The molecular weight excluding hydrogens is 268 g/mol. The van der Waals surface area contributed by atoms with E-state index in [2.05, 4.69) is 4.98 Å². The quantitative estimate of drug-likeness (QED) is 0.672. The van der Waals surface area contributed by atoms with Crippen LogP contribution in [0.2, 0.25) is 0 Å². The molecule has 0 saturated heterocycles. The van der Waals surface area contributed by atoms with E-state index in [0.717, 1.165) is 25.0 Å². The van der Waals surface area contributed by atoms with Crippen LogP contribution in [0.1, 0.15) is 35.3 Å². The molecule has 0 bridgehead atoms. The Hall–Kier alpha value is -2.56. The molecule has 0 spiro atoms. The monoisotopic (exact) mass is 284 g/mol. The average Bonchev–Trinajstić information content (AvgIpc) is 2.81. The smallest absolute Gasteiger partial charge is 0.218 e. The summed E-state index contributed by atoms with van der Waals surface area (Å²) < 4.78 is 0. The topological polar surface area (TPSA) is 73.4 Å². The standard InChI is InChI=1S/C16H16N2O3/c19-10-18(11-5-7-12(20)8-6-11)14-9-17-13-3-1-2-4-15(21)16(13)14/h5-10,17,20H,1-4H2. The Balaban J connectivity index is 2.06. The van der Waals surface area contributed by atoms with Gasteiger partial charge < -0.3 is 10.1 Å². The largest absolute Gasteiger partial charge is 0.508 e. The van der Waals surface area contributed by atoms with Crippen molar-refractivity contribution in [2.45, 2.75) is 25.7 Å². The molecule has 2 N–H and O–H groups in total. The molecule has 0 radical (unpaired) electrons. The van der Waals surface area contributed by atoms with Crippen LogP contribution >= 0.6 is 0 Å². The van der Waals surface area contributed by atoms with Gasteiger partial charge in [0, 0.05) is 24.0 Å². The summed E-state index contributed by atoms with van der Waals surface area (Å²) in [5, 5.41) is 9.35. The maximum Gasteiger partial charge on any atom is 0.218 e. The van der Waals surface area contributed by atoms with Gasteiger partial charge in [-0.25, -0.2) is 0 Å². The zero-order valence-electron chi connectivity index (χ0n) is 11.5. The number of aryl methyl sites for hydroxylation is 1. The lowest BCUT2D eigenvalue weighted by Gasteiger charge is -2.17. The third-order valence-corrected chi connectivity index (χ3v) is 3.79. The Morgan fingerprint density at radius 3 is 2.57 bits per heavy atom. The minimum absolute atomic E-state index is 0.0735. The predicted octanol–water partition coefficient (Wildman–Crippen LogP) is 2.92. The fraction of sp³-hybridized carbons (Fsp3) is 0.250. The van der Waals surface area contributed by atoms with Crippen LogP contribution in [0, 0.1) is 0 Å². The molecule has 108 valence electrons. The van der Waals surface area contributed by atoms with Gasteiger partial charge in [-0.1, -0.05) is 0 Å². The number of anilines is 2. The molecule has 0 fully saturated rings. The van der Waals surface area contributed by atoms with Gasteiger partial charge >= 0.3 is 0 Å². The molecule has 1 aromatic carbocycles. The number of fused-ring (bicyclic) bond motifs is 1. The minimum atomic E-state index is 0.0735. The molecule has 0 atom stereocenters. The average molecular weight is 284 g/mol. The number of carbonyl (C=O) groups is 2.